The molecule has 3 N–H and O–H groups in total. The van der Waals surface area contributed by atoms with E-state index in [-0.39, 0.29) is 5.91 Å². The predicted molar refractivity (Wildman–Crippen MR) is 76.9 cm³/mol. The highest BCUT2D eigenvalue weighted by molar-refractivity contribution is 5.80. The van der Waals surface area contributed by atoms with Gasteiger partial charge in [0.1, 0.15) is 5.75 Å². The molecule has 1 aromatic rings. The van der Waals surface area contributed by atoms with E-state index >= 15 is 0 Å². The molecule has 4 nitrogen and oxygen atoms in total. The van der Waals surface area contributed by atoms with Crippen LogP contribution in [0.5, 0.6) is 5.75 Å². The summed E-state index contributed by atoms with van der Waals surface area (Å²) in [5.41, 5.74) is 6.54. The van der Waals surface area contributed by atoms with E-state index in [0.717, 1.165) is 12.0 Å². The number of rotatable bonds is 7. The van der Waals surface area contributed by atoms with Crippen LogP contribution in [0.25, 0.3) is 0 Å². The third-order valence-corrected chi connectivity index (χ3v) is 2.89. The number of benzene rings is 1. The van der Waals surface area contributed by atoms with Crippen LogP contribution in [0.3, 0.4) is 0 Å². The van der Waals surface area contributed by atoms with E-state index in [0.29, 0.717) is 24.8 Å². The average molecular weight is 264 g/mol. The van der Waals surface area contributed by atoms with Crippen LogP contribution >= 0.6 is 0 Å². The van der Waals surface area contributed by atoms with Crippen LogP contribution in [0.15, 0.2) is 24.3 Å². The molecule has 0 aliphatic heterocycles. The first-order valence-corrected chi connectivity index (χ1v) is 6.77. The lowest BCUT2D eigenvalue weighted by Gasteiger charge is -2.17. The second-order valence-corrected chi connectivity index (χ2v) is 5.05. The summed E-state index contributed by atoms with van der Waals surface area (Å²) in [6, 6.07) is 7.51. The molecule has 1 aromatic carbocycles. The van der Waals surface area contributed by atoms with Gasteiger partial charge in [-0.15, -0.1) is 0 Å². The Morgan fingerprint density at radius 3 is 2.63 bits per heavy atom. The first-order chi connectivity index (χ1) is 9.04. The molecule has 0 aliphatic rings. The number of amides is 1. The second kappa shape index (κ2) is 7.79. The summed E-state index contributed by atoms with van der Waals surface area (Å²) in [5, 5.41) is 2.88. The van der Waals surface area contributed by atoms with E-state index < -0.39 is 6.10 Å². The van der Waals surface area contributed by atoms with Gasteiger partial charge in [-0.05, 0) is 25.3 Å². The van der Waals surface area contributed by atoms with Crippen LogP contribution in [0.1, 0.15) is 32.8 Å². The standard InChI is InChI=1S/C15H24N2O2/c1-11(2)8-9-17-15(18)12(3)19-14-7-5-4-6-13(14)10-16/h4-7,11-12H,8-10,16H2,1-3H3,(H,17,18). The highest BCUT2D eigenvalue weighted by Gasteiger charge is 2.15. The molecule has 0 bridgehead atoms. The smallest absolute Gasteiger partial charge is 0.260 e. The van der Waals surface area contributed by atoms with Gasteiger partial charge in [-0.3, -0.25) is 4.79 Å². The second-order valence-electron chi connectivity index (χ2n) is 5.05. The molecule has 0 fully saturated rings. The molecule has 0 heterocycles. The Morgan fingerprint density at radius 2 is 2.00 bits per heavy atom. The van der Waals surface area contributed by atoms with Gasteiger partial charge in [0.15, 0.2) is 6.10 Å². The van der Waals surface area contributed by atoms with Gasteiger partial charge in [0, 0.05) is 18.7 Å². The van der Waals surface area contributed by atoms with Crippen molar-refractivity contribution in [3.63, 3.8) is 0 Å². The number of nitrogens with one attached hydrogen (secondary N) is 1. The first kappa shape index (κ1) is 15.5. The minimum Gasteiger partial charge on any atom is -0.481 e. The minimum atomic E-state index is -0.514. The molecule has 0 spiro atoms. The Kier molecular flexibility index (Phi) is 6.36. The van der Waals surface area contributed by atoms with Gasteiger partial charge in [-0.1, -0.05) is 32.0 Å². The molecule has 0 aliphatic carbocycles. The van der Waals surface area contributed by atoms with Gasteiger partial charge in [-0.2, -0.15) is 0 Å². The maximum atomic E-state index is 11.9. The van der Waals surface area contributed by atoms with Crippen molar-refractivity contribution < 1.29 is 9.53 Å². The number of hydrogen-bond acceptors (Lipinski definition) is 3. The van der Waals surface area contributed by atoms with Gasteiger partial charge in [-0.25, -0.2) is 0 Å². The third kappa shape index (κ3) is 5.30. The summed E-state index contributed by atoms with van der Waals surface area (Å²) in [7, 11) is 0. The largest absolute Gasteiger partial charge is 0.481 e. The van der Waals surface area contributed by atoms with Gasteiger partial charge in [0.05, 0.1) is 0 Å². The van der Waals surface area contributed by atoms with Crippen molar-refractivity contribution in [2.75, 3.05) is 6.54 Å². The maximum Gasteiger partial charge on any atom is 0.260 e. The zero-order valence-electron chi connectivity index (χ0n) is 12.0. The Bertz CT molecular complexity index is 405. The molecule has 1 unspecified atom stereocenters. The fourth-order valence-electron chi connectivity index (χ4n) is 1.66. The minimum absolute atomic E-state index is 0.0903. The third-order valence-electron chi connectivity index (χ3n) is 2.89. The normalized spacial score (nSPS) is 12.3. The van der Waals surface area contributed by atoms with Crippen molar-refractivity contribution in [1.29, 1.82) is 0 Å². The number of ether oxygens (including phenoxy) is 1. The number of carbonyl (C=O) groups is 1. The van der Waals surface area contributed by atoms with Crippen molar-refractivity contribution in [3.05, 3.63) is 29.8 Å². The van der Waals surface area contributed by atoms with Crippen LogP contribution in [-0.2, 0) is 11.3 Å². The molecule has 1 amide bonds. The molecule has 1 atom stereocenters. The summed E-state index contributed by atoms with van der Waals surface area (Å²) in [6.45, 7) is 7.09. The molecule has 0 saturated heterocycles. The fourth-order valence-corrected chi connectivity index (χ4v) is 1.66. The Labute approximate surface area is 115 Å². The zero-order valence-corrected chi connectivity index (χ0v) is 12.0. The summed E-state index contributed by atoms with van der Waals surface area (Å²) < 4.78 is 5.66. The van der Waals surface area contributed by atoms with Crippen molar-refractivity contribution in [3.8, 4) is 5.75 Å². The van der Waals surface area contributed by atoms with E-state index in [1.165, 1.54) is 0 Å². The number of nitrogens with two attached hydrogens (primary N) is 1. The van der Waals surface area contributed by atoms with Crippen LogP contribution < -0.4 is 15.8 Å². The Balaban J connectivity index is 2.49. The highest BCUT2D eigenvalue weighted by Crippen LogP contribution is 2.18. The van der Waals surface area contributed by atoms with Gasteiger partial charge in [0.2, 0.25) is 0 Å². The molecule has 0 radical (unpaired) electrons. The van der Waals surface area contributed by atoms with E-state index in [9.17, 15) is 4.79 Å². The SMILES string of the molecule is CC(C)CCNC(=O)C(C)Oc1ccccc1CN. The lowest BCUT2D eigenvalue weighted by atomic mass is 10.1. The molecule has 19 heavy (non-hydrogen) atoms. The molecular formula is C15H24N2O2. The summed E-state index contributed by atoms with van der Waals surface area (Å²) in [4.78, 5) is 11.9. The van der Waals surface area contributed by atoms with Crippen molar-refractivity contribution in [2.45, 2.75) is 39.8 Å². The van der Waals surface area contributed by atoms with Crippen molar-refractivity contribution >= 4 is 5.91 Å². The molecule has 4 heteroatoms. The summed E-state index contributed by atoms with van der Waals surface area (Å²) in [5.74, 6) is 1.17. The van der Waals surface area contributed by atoms with E-state index in [2.05, 4.69) is 19.2 Å². The Hall–Kier alpha value is -1.55. The number of carbonyl (C=O) groups excluding carboxylic acids is 1. The molecule has 0 aromatic heterocycles. The maximum absolute atomic E-state index is 11.9. The zero-order chi connectivity index (χ0) is 14.3. The van der Waals surface area contributed by atoms with Crippen LogP contribution in [0.4, 0.5) is 0 Å². The average Bonchev–Trinajstić information content (AvgIpc) is 2.38. The molecular weight excluding hydrogens is 240 g/mol. The summed E-state index contributed by atoms with van der Waals surface area (Å²) >= 11 is 0. The summed E-state index contributed by atoms with van der Waals surface area (Å²) in [6.07, 6.45) is 0.456. The van der Waals surface area contributed by atoms with Gasteiger partial charge >= 0.3 is 0 Å². The van der Waals surface area contributed by atoms with E-state index in [4.69, 9.17) is 10.5 Å². The molecule has 0 saturated carbocycles. The van der Waals surface area contributed by atoms with Gasteiger partial charge < -0.3 is 15.8 Å². The monoisotopic (exact) mass is 264 g/mol. The van der Waals surface area contributed by atoms with Crippen LogP contribution in [0.2, 0.25) is 0 Å². The van der Waals surface area contributed by atoms with Crippen LogP contribution in [0, 0.1) is 5.92 Å². The predicted octanol–water partition coefficient (Wildman–Crippen LogP) is 2.07. The fraction of sp³-hybridized carbons (Fsp3) is 0.533. The lowest BCUT2D eigenvalue weighted by molar-refractivity contribution is -0.127. The molecule has 1 rings (SSSR count). The quantitative estimate of drug-likeness (QED) is 0.792. The van der Waals surface area contributed by atoms with Crippen molar-refractivity contribution in [1.82, 2.24) is 5.32 Å². The highest BCUT2D eigenvalue weighted by atomic mass is 16.5. The number of para-hydroxylation sites is 1. The number of hydrogen-bond donors (Lipinski definition) is 2. The Morgan fingerprint density at radius 1 is 1.32 bits per heavy atom. The van der Waals surface area contributed by atoms with Gasteiger partial charge in [0.25, 0.3) is 5.91 Å². The first-order valence-electron chi connectivity index (χ1n) is 6.77. The lowest BCUT2D eigenvalue weighted by Crippen LogP contribution is -2.37. The molecule has 106 valence electrons. The van der Waals surface area contributed by atoms with Crippen molar-refractivity contribution in [2.24, 2.45) is 11.7 Å². The van der Waals surface area contributed by atoms with E-state index in [1.54, 1.807) is 6.92 Å². The van der Waals surface area contributed by atoms with E-state index in [1.807, 2.05) is 24.3 Å². The topological polar surface area (TPSA) is 64.3 Å². The van der Waals surface area contributed by atoms with Crippen LogP contribution in [-0.4, -0.2) is 18.6 Å².